The van der Waals surface area contributed by atoms with E-state index in [0.29, 0.717) is 28.6 Å². The maximum atomic E-state index is 13.3. The van der Waals surface area contributed by atoms with Crippen LogP contribution >= 0.6 is 0 Å². The number of nitrogens with zero attached hydrogens (tertiary/aromatic N) is 2. The number of hydrogen-bond acceptors (Lipinski definition) is 4. The number of halogens is 1. The molecule has 0 radical (unpaired) electrons. The van der Waals surface area contributed by atoms with Gasteiger partial charge in [-0.15, -0.1) is 0 Å². The van der Waals surface area contributed by atoms with Crippen LogP contribution < -0.4 is 10.1 Å². The first-order valence-corrected chi connectivity index (χ1v) is 8.87. The van der Waals surface area contributed by atoms with Gasteiger partial charge in [0, 0.05) is 17.3 Å². The molecule has 0 spiro atoms. The van der Waals surface area contributed by atoms with Crippen LogP contribution in [0.15, 0.2) is 72.9 Å². The smallest absolute Gasteiger partial charge is 0.275 e. The molecule has 144 valence electrons. The minimum atomic E-state index is -0.379. The third-order valence-corrected chi connectivity index (χ3v) is 4.32. The number of rotatable bonds is 5. The zero-order chi connectivity index (χ0) is 20.2. The normalized spacial score (nSPS) is 10.6. The van der Waals surface area contributed by atoms with Gasteiger partial charge in [0.25, 0.3) is 5.91 Å². The second kappa shape index (κ2) is 7.93. The van der Waals surface area contributed by atoms with Crippen molar-refractivity contribution in [3.63, 3.8) is 0 Å². The highest BCUT2D eigenvalue weighted by Gasteiger charge is 2.20. The van der Waals surface area contributed by atoms with Crippen LogP contribution in [0.1, 0.15) is 10.5 Å². The van der Waals surface area contributed by atoms with E-state index in [1.807, 2.05) is 12.1 Å². The Morgan fingerprint density at radius 3 is 2.38 bits per heavy atom. The lowest BCUT2D eigenvalue weighted by molar-refractivity contribution is 0.102. The first-order chi connectivity index (χ1) is 14.1. The van der Waals surface area contributed by atoms with Crippen molar-refractivity contribution < 1.29 is 13.9 Å². The fourth-order valence-corrected chi connectivity index (χ4v) is 2.86. The lowest BCUT2D eigenvalue weighted by atomic mass is 10.1. The van der Waals surface area contributed by atoms with Crippen molar-refractivity contribution in [1.82, 2.24) is 15.0 Å². The number of imidazole rings is 1. The number of aromatic amines is 1. The van der Waals surface area contributed by atoms with Gasteiger partial charge >= 0.3 is 0 Å². The van der Waals surface area contributed by atoms with E-state index in [9.17, 15) is 9.18 Å². The fraction of sp³-hybridized carbons (Fsp3) is 0.0455. The molecule has 2 N–H and O–H groups in total. The minimum Gasteiger partial charge on any atom is -0.497 e. The van der Waals surface area contributed by atoms with E-state index in [1.54, 1.807) is 55.8 Å². The highest BCUT2D eigenvalue weighted by molar-refractivity contribution is 6.06. The van der Waals surface area contributed by atoms with Gasteiger partial charge in [0.2, 0.25) is 0 Å². The molecule has 2 aromatic heterocycles. The summed E-state index contributed by atoms with van der Waals surface area (Å²) in [5.41, 5.74) is 2.15. The summed E-state index contributed by atoms with van der Waals surface area (Å²) in [4.78, 5) is 24.7. The fourth-order valence-electron chi connectivity index (χ4n) is 2.86. The van der Waals surface area contributed by atoms with E-state index < -0.39 is 0 Å². The molecule has 0 bridgehead atoms. The molecule has 0 unspecified atom stereocenters. The molecule has 2 aromatic carbocycles. The molecule has 0 saturated carbocycles. The Morgan fingerprint density at radius 2 is 1.72 bits per heavy atom. The number of aromatic nitrogens is 3. The van der Waals surface area contributed by atoms with Gasteiger partial charge in [-0.05, 0) is 60.7 Å². The number of hydrogen-bond donors (Lipinski definition) is 2. The summed E-state index contributed by atoms with van der Waals surface area (Å²) in [6, 6.07) is 18.4. The molecule has 0 saturated heterocycles. The van der Waals surface area contributed by atoms with Gasteiger partial charge in [-0.25, -0.2) is 14.4 Å². The summed E-state index contributed by atoms with van der Waals surface area (Å²) in [5, 5.41) is 2.76. The first kappa shape index (κ1) is 18.4. The van der Waals surface area contributed by atoms with Crippen molar-refractivity contribution >= 4 is 11.7 Å². The summed E-state index contributed by atoms with van der Waals surface area (Å²) in [6.07, 6.45) is 1.59. The lowest BCUT2D eigenvalue weighted by Gasteiger charge is -2.05. The van der Waals surface area contributed by atoms with Crippen molar-refractivity contribution in [3.05, 3.63) is 84.4 Å². The van der Waals surface area contributed by atoms with E-state index in [1.165, 1.54) is 12.1 Å². The second-order valence-electron chi connectivity index (χ2n) is 6.21. The number of benzene rings is 2. The molecule has 7 heteroatoms. The zero-order valence-corrected chi connectivity index (χ0v) is 15.5. The monoisotopic (exact) mass is 388 g/mol. The van der Waals surface area contributed by atoms with E-state index in [4.69, 9.17) is 4.74 Å². The topological polar surface area (TPSA) is 79.9 Å². The second-order valence-corrected chi connectivity index (χ2v) is 6.21. The van der Waals surface area contributed by atoms with Crippen LogP contribution in [-0.2, 0) is 0 Å². The SMILES string of the molecule is COc1ccc(-c2nc(-c3ccc(F)cc3)[nH]c2C(=O)Nc2ccccn2)cc1. The standard InChI is InChI=1S/C22H17FN4O2/c1-29-17-11-7-14(8-12-17)19-20(22(28)25-18-4-2-3-13-24-18)27-21(26-19)15-5-9-16(23)10-6-15/h2-13H,1H3,(H,26,27)(H,24,25,28). The van der Waals surface area contributed by atoms with Gasteiger partial charge in [0.05, 0.1) is 7.11 Å². The Morgan fingerprint density at radius 1 is 1.00 bits per heavy atom. The largest absolute Gasteiger partial charge is 0.497 e. The van der Waals surface area contributed by atoms with Crippen LogP contribution in [0.2, 0.25) is 0 Å². The summed E-state index contributed by atoms with van der Waals surface area (Å²) < 4.78 is 18.5. The number of amides is 1. The van der Waals surface area contributed by atoms with Crippen molar-refractivity contribution in [3.8, 4) is 28.4 Å². The summed E-state index contributed by atoms with van der Waals surface area (Å²) in [7, 11) is 1.59. The Hall–Kier alpha value is -4.00. The highest BCUT2D eigenvalue weighted by atomic mass is 19.1. The first-order valence-electron chi connectivity index (χ1n) is 8.87. The Kier molecular flexibility index (Phi) is 5.03. The molecule has 1 amide bonds. The number of carbonyl (C=O) groups is 1. The Labute approximate surface area is 166 Å². The van der Waals surface area contributed by atoms with E-state index in [0.717, 1.165) is 5.56 Å². The van der Waals surface area contributed by atoms with E-state index >= 15 is 0 Å². The number of methoxy groups -OCH3 is 1. The average Bonchev–Trinajstić information content (AvgIpc) is 3.21. The molecule has 4 rings (SSSR count). The molecular weight excluding hydrogens is 371 g/mol. The Balaban J connectivity index is 1.76. The molecule has 0 aliphatic rings. The van der Waals surface area contributed by atoms with Gasteiger partial charge in [-0.1, -0.05) is 6.07 Å². The van der Waals surface area contributed by atoms with Gasteiger partial charge in [-0.2, -0.15) is 0 Å². The quantitative estimate of drug-likeness (QED) is 0.526. The number of anilines is 1. The maximum absolute atomic E-state index is 13.3. The van der Waals surface area contributed by atoms with Crippen LogP contribution in [0, 0.1) is 5.82 Å². The maximum Gasteiger partial charge on any atom is 0.275 e. The van der Waals surface area contributed by atoms with Gasteiger partial charge in [0.1, 0.15) is 34.6 Å². The summed E-state index contributed by atoms with van der Waals surface area (Å²) in [6.45, 7) is 0. The number of pyridine rings is 1. The van der Waals surface area contributed by atoms with Crippen molar-refractivity contribution in [2.45, 2.75) is 0 Å². The molecule has 0 aliphatic heterocycles. The zero-order valence-electron chi connectivity index (χ0n) is 15.5. The predicted molar refractivity (Wildman–Crippen MR) is 108 cm³/mol. The third-order valence-electron chi connectivity index (χ3n) is 4.32. The van der Waals surface area contributed by atoms with Gasteiger partial charge < -0.3 is 15.0 Å². The molecule has 29 heavy (non-hydrogen) atoms. The molecule has 4 aromatic rings. The van der Waals surface area contributed by atoms with Gasteiger partial charge in [0.15, 0.2) is 0 Å². The van der Waals surface area contributed by atoms with Crippen molar-refractivity contribution in [2.75, 3.05) is 12.4 Å². The molecule has 0 atom stereocenters. The van der Waals surface area contributed by atoms with Crippen LogP contribution in [0.25, 0.3) is 22.6 Å². The van der Waals surface area contributed by atoms with Crippen LogP contribution in [0.3, 0.4) is 0 Å². The minimum absolute atomic E-state index is 0.278. The third kappa shape index (κ3) is 3.98. The Bertz CT molecular complexity index is 1120. The van der Waals surface area contributed by atoms with Crippen LogP contribution in [-0.4, -0.2) is 28.0 Å². The summed E-state index contributed by atoms with van der Waals surface area (Å²) >= 11 is 0. The molecular formula is C22H17FN4O2. The molecule has 2 heterocycles. The highest BCUT2D eigenvalue weighted by Crippen LogP contribution is 2.28. The van der Waals surface area contributed by atoms with E-state index in [-0.39, 0.29) is 17.4 Å². The molecule has 0 fully saturated rings. The number of H-pyrrole nitrogens is 1. The number of nitrogens with one attached hydrogen (secondary N) is 2. The lowest BCUT2D eigenvalue weighted by Crippen LogP contribution is -2.14. The van der Waals surface area contributed by atoms with Crippen molar-refractivity contribution in [2.24, 2.45) is 0 Å². The predicted octanol–water partition coefficient (Wildman–Crippen LogP) is 4.54. The van der Waals surface area contributed by atoms with Crippen LogP contribution in [0.4, 0.5) is 10.2 Å². The number of carbonyl (C=O) groups excluding carboxylic acids is 1. The molecule has 0 aliphatic carbocycles. The molecule has 6 nitrogen and oxygen atoms in total. The average molecular weight is 388 g/mol. The van der Waals surface area contributed by atoms with E-state index in [2.05, 4.69) is 20.3 Å². The van der Waals surface area contributed by atoms with Crippen LogP contribution in [0.5, 0.6) is 5.75 Å². The number of ether oxygens (including phenoxy) is 1. The van der Waals surface area contributed by atoms with Gasteiger partial charge in [-0.3, -0.25) is 4.79 Å². The van der Waals surface area contributed by atoms with Crippen molar-refractivity contribution in [1.29, 1.82) is 0 Å². The summed E-state index contributed by atoms with van der Waals surface area (Å²) in [5.74, 6) is 0.861.